The highest BCUT2D eigenvalue weighted by atomic mass is 16.5. The van der Waals surface area contributed by atoms with E-state index in [9.17, 15) is 9.59 Å². The van der Waals surface area contributed by atoms with E-state index in [1.807, 2.05) is 13.8 Å². The maximum absolute atomic E-state index is 12.3. The molecule has 1 aromatic rings. The van der Waals surface area contributed by atoms with Crippen molar-refractivity contribution in [1.82, 2.24) is 9.80 Å². The fraction of sp³-hybridized carbons (Fsp3) is 0.500. The predicted molar refractivity (Wildman–Crippen MR) is 78.3 cm³/mol. The Bertz CT molecular complexity index is 527. The Kier molecular flexibility index (Phi) is 3.78. The summed E-state index contributed by atoms with van der Waals surface area (Å²) < 4.78 is 5.69. The monoisotopic (exact) mass is 288 g/mol. The average Bonchev–Trinajstić information content (AvgIpc) is 2.69. The summed E-state index contributed by atoms with van der Waals surface area (Å²) in [7, 11) is 0. The Balaban J connectivity index is 1.64. The van der Waals surface area contributed by atoms with Gasteiger partial charge in [-0.05, 0) is 26.0 Å². The van der Waals surface area contributed by atoms with E-state index in [-0.39, 0.29) is 24.0 Å². The standard InChI is InChI=1S/C16H20N2O3/c1-11-9-17(10-12(2)21-11)7-8-18-15(19)13-5-3-4-6-14(13)16(18)20/h3-6,11-12H,7-10H2,1-2H3. The Morgan fingerprint density at radius 3 is 2.05 bits per heavy atom. The molecule has 5 nitrogen and oxygen atoms in total. The SMILES string of the molecule is CC1CN(CCN2C(=O)c3ccccc3C2=O)CC(C)O1. The highest BCUT2D eigenvalue weighted by Gasteiger charge is 2.35. The number of imide groups is 1. The van der Waals surface area contributed by atoms with Crippen molar-refractivity contribution in [3.8, 4) is 0 Å². The summed E-state index contributed by atoms with van der Waals surface area (Å²) >= 11 is 0. The number of amides is 2. The molecule has 21 heavy (non-hydrogen) atoms. The van der Waals surface area contributed by atoms with Gasteiger partial charge < -0.3 is 4.74 Å². The minimum Gasteiger partial charge on any atom is -0.373 e. The van der Waals surface area contributed by atoms with Crippen LogP contribution in [-0.4, -0.2) is 60.0 Å². The second kappa shape index (κ2) is 5.58. The molecule has 0 radical (unpaired) electrons. The molecule has 0 saturated carbocycles. The number of hydrogen-bond acceptors (Lipinski definition) is 4. The van der Waals surface area contributed by atoms with Gasteiger partial charge in [-0.2, -0.15) is 0 Å². The molecule has 0 N–H and O–H groups in total. The first-order chi connectivity index (χ1) is 10.1. The first-order valence-electron chi connectivity index (χ1n) is 7.39. The van der Waals surface area contributed by atoms with Crippen LogP contribution in [0, 0.1) is 0 Å². The molecule has 2 atom stereocenters. The van der Waals surface area contributed by atoms with Crippen LogP contribution in [0.25, 0.3) is 0 Å². The largest absolute Gasteiger partial charge is 0.373 e. The summed E-state index contributed by atoms with van der Waals surface area (Å²) in [6.07, 6.45) is 0.381. The Morgan fingerprint density at radius 2 is 1.52 bits per heavy atom. The van der Waals surface area contributed by atoms with Crippen molar-refractivity contribution in [2.75, 3.05) is 26.2 Å². The maximum Gasteiger partial charge on any atom is 0.261 e. The Hall–Kier alpha value is -1.72. The van der Waals surface area contributed by atoms with Crippen LogP contribution in [0.3, 0.4) is 0 Å². The van der Waals surface area contributed by atoms with E-state index < -0.39 is 0 Å². The van der Waals surface area contributed by atoms with Crippen LogP contribution >= 0.6 is 0 Å². The molecule has 2 aliphatic heterocycles. The van der Waals surface area contributed by atoms with Gasteiger partial charge in [-0.1, -0.05) is 12.1 Å². The molecule has 5 heteroatoms. The van der Waals surface area contributed by atoms with Crippen molar-refractivity contribution >= 4 is 11.8 Å². The normalized spacial score (nSPS) is 26.3. The van der Waals surface area contributed by atoms with Crippen LogP contribution in [0.2, 0.25) is 0 Å². The predicted octanol–water partition coefficient (Wildman–Crippen LogP) is 1.39. The minimum atomic E-state index is -0.176. The number of carbonyl (C=O) groups excluding carboxylic acids is 2. The van der Waals surface area contributed by atoms with Crippen molar-refractivity contribution < 1.29 is 14.3 Å². The second-order valence-electron chi connectivity index (χ2n) is 5.82. The zero-order valence-corrected chi connectivity index (χ0v) is 12.4. The number of ether oxygens (including phenoxy) is 1. The minimum absolute atomic E-state index is 0.176. The van der Waals surface area contributed by atoms with Gasteiger partial charge >= 0.3 is 0 Å². The second-order valence-corrected chi connectivity index (χ2v) is 5.82. The molecule has 0 bridgehead atoms. The third kappa shape index (κ3) is 2.71. The molecule has 0 aromatic heterocycles. The van der Waals surface area contributed by atoms with Crippen molar-refractivity contribution in [2.24, 2.45) is 0 Å². The van der Waals surface area contributed by atoms with Crippen molar-refractivity contribution in [1.29, 1.82) is 0 Å². The van der Waals surface area contributed by atoms with Crippen LogP contribution in [0.5, 0.6) is 0 Å². The van der Waals surface area contributed by atoms with E-state index >= 15 is 0 Å². The lowest BCUT2D eigenvalue weighted by molar-refractivity contribution is -0.0684. The molecule has 2 amide bonds. The highest BCUT2D eigenvalue weighted by Crippen LogP contribution is 2.22. The topological polar surface area (TPSA) is 49.9 Å². The number of hydrogen-bond donors (Lipinski definition) is 0. The molecule has 1 saturated heterocycles. The van der Waals surface area contributed by atoms with Gasteiger partial charge in [0.1, 0.15) is 0 Å². The van der Waals surface area contributed by atoms with Gasteiger partial charge in [0, 0.05) is 26.2 Å². The number of benzene rings is 1. The molecule has 2 aliphatic rings. The molecule has 2 heterocycles. The Morgan fingerprint density at radius 1 is 1.00 bits per heavy atom. The summed E-state index contributed by atoms with van der Waals surface area (Å²) in [6.45, 7) is 6.91. The first kappa shape index (κ1) is 14.2. The van der Waals surface area contributed by atoms with Gasteiger partial charge in [0.15, 0.2) is 0 Å². The van der Waals surface area contributed by atoms with Crippen LogP contribution in [0.4, 0.5) is 0 Å². The number of carbonyl (C=O) groups is 2. The molecular weight excluding hydrogens is 268 g/mol. The first-order valence-corrected chi connectivity index (χ1v) is 7.39. The number of fused-ring (bicyclic) bond motifs is 1. The molecule has 112 valence electrons. The lowest BCUT2D eigenvalue weighted by atomic mass is 10.1. The van der Waals surface area contributed by atoms with Gasteiger partial charge in [-0.25, -0.2) is 0 Å². The van der Waals surface area contributed by atoms with Crippen LogP contribution < -0.4 is 0 Å². The van der Waals surface area contributed by atoms with E-state index in [1.54, 1.807) is 24.3 Å². The van der Waals surface area contributed by atoms with Crippen molar-refractivity contribution in [2.45, 2.75) is 26.1 Å². The number of morpholine rings is 1. The fourth-order valence-corrected chi connectivity index (χ4v) is 3.15. The summed E-state index contributed by atoms with van der Waals surface area (Å²) in [5, 5.41) is 0. The van der Waals surface area contributed by atoms with Crippen LogP contribution in [-0.2, 0) is 4.74 Å². The van der Waals surface area contributed by atoms with E-state index in [4.69, 9.17) is 4.74 Å². The lowest BCUT2D eigenvalue weighted by Crippen LogP contribution is -2.48. The van der Waals surface area contributed by atoms with Gasteiger partial charge in [0.2, 0.25) is 0 Å². The van der Waals surface area contributed by atoms with Gasteiger partial charge in [-0.15, -0.1) is 0 Å². The van der Waals surface area contributed by atoms with E-state index in [0.717, 1.165) is 13.1 Å². The van der Waals surface area contributed by atoms with Gasteiger partial charge in [0.05, 0.1) is 23.3 Å². The summed E-state index contributed by atoms with van der Waals surface area (Å²) in [4.78, 5) is 28.1. The summed E-state index contributed by atoms with van der Waals surface area (Å²) in [5.74, 6) is -0.352. The van der Waals surface area contributed by atoms with Crippen molar-refractivity contribution in [3.63, 3.8) is 0 Å². The summed E-state index contributed by atoms with van der Waals surface area (Å²) in [6, 6.07) is 7.01. The third-order valence-corrected chi connectivity index (χ3v) is 4.01. The lowest BCUT2D eigenvalue weighted by Gasteiger charge is -2.35. The fourth-order valence-electron chi connectivity index (χ4n) is 3.15. The maximum atomic E-state index is 12.3. The summed E-state index contributed by atoms with van der Waals surface area (Å²) in [5.41, 5.74) is 1.04. The smallest absolute Gasteiger partial charge is 0.261 e. The van der Waals surface area contributed by atoms with Gasteiger partial charge in [0.25, 0.3) is 11.8 Å². The molecular formula is C16H20N2O3. The number of rotatable bonds is 3. The van der Waals surface area contributed by atoms with Gasteiger partial charge in [-0.3, -0.25) is 19.4 Å². The zero-order valence-electron chi connectivity index (χ0n) is 12.4. The average molecular weight is 288 g/mol. The van der Waals surface area contributed by atoms with E-state index in [0.29, 0.717) is 24.2 Å². The molecule has 2 unspecified atom stereocenters. The zero-order chi connectivity index (χ0) is 15.0. The highest BCUT2D eigenvalue weighted by molar-refractivity contribution is 6.21. The molecule has 1 fully saturated rings. The Labute approximate surface area is 124 Å². The number of nitrogens with zero attached hydrogens (tertiary/aromatic N) is 2. The molecule has 1 aromatic carbocycles. The molecule has 0 aliphatic carbocycles. The quantitative estimate of drug-likeness (QED) is 0.789. The molecule has 0 spiro atoms. The van der Waals surface area contributed by atoms with Crippen molar-refractivity contribution in [3.05, 3.63) is 35.4 Å². The van der Waals surface area contributed by atoms with E-state index in [1.165, 1.54) is 4.90 Å². The van der Waals surface area contributed by atoms with Crippen LogP contribution in [0.15, 0.2) is 24.3 Å². The molecule has 3 rings (SSSR count). The van der Waals surface area contributed by atoms with E-state index in [2.05, 4.69) is 4.90 Å². The third-order valence-electron chi connectivity index (χ3n) is 4.01. The van der Waals surface area contributed by atoms with Crippen LogP contribution in [0.1, 0.15) is 34.6 Å².